The number of guanidine groups is 1. The molecule has 0 unspecified atom stereocenters. The van der Waals surface area contributed by atoms with Crippen LogP contribution in [0.15, 0.2) is 22.0 Å². The number of amides is 1. The lowest BCUT2D eigenvalue weighted by atomic mass is 9.78. The number of hydrogen-bond donors (Lipinski definition) is 4. The molecule has 0 atom stereocenters. The van der Waals surface area contributed by atoms with Crippen LogP contribution in [0.3, 0.4) is 0 Å². The van der Waals surface area contributed by atoms with Crippen LogP contribution in [0.25, 0.3) is 5.57 Å². The highest BCUT2D eigenvalue weighted by atomic mass is 32.2. The van der Waals surface area contributed by atoms with E-state index in [-0.39, 0.29) is 22.7 Å². The van der Waals surface area contributed by atoms with Crippen molar-refractivity contribution < 1.29 is 9.90 Å². The SMILES string of the molecule is CC(=C1SC(NC(=N)N)=NC1=O)c1cc(C(C)(C)C)c(O)c(C(C)(C)C)c1. The standard InChI is InChI=1S/C20H28N4O2S/c1-10(15-16(26)23-18(27-15)24-17(21)22)11-8-12(19(2,3)4)14(25)13(9-11)20(5,6)7/h8-9,25H,1-7H3,(H4,21,22,23,24,26). The van der Waals surface area contributed by atoms with Crippen LogP contribution in [0, 0.1) is 5.41 Å². The lowest BCUT2D eigenvalue weighted by molar-refractivity contribution is -0.113. The van der Waals surface area contributed by atoms with Gasteiger partial charge in [0.1, 0.15) is 5.75 Å². The van der Waals surface area contributed by atoms with Crippen LogP contribution >= 0.6 is 11.8 Å². The molecule has 0 spiro atoms. The molecule has 5 N–H and O–H groups in total. The van der Waals surface area contributed by atoms with Crippen LogP contribution in [0.4, 0.5) is 0 Å². The molecule has 2 rings (SSSR count). The minimum absolute atomic E-state index is 0.254. The highest BCUT2D eigenvalue weighted by molar-refractivity contribution is 8.18. The van der Waals surface area contributed by atoms with Gasteiger partial charge in [0.2, 0.25) is 0 Å². The van der Waals surface area contributed by atoms with Crippen LogP contribution in [0.2, 0.25) is 0 Å². The summed E-state index contributed by atoms with van der Waals surface area (Å²) >= 11 is 1.17. The second-order valence-corrected chi connectivity index (χ2v) is 9.74. The fourth-order valence-electron chi connectivity index (χ4n) is 2.84. The summed E-state index contributed by atoms with van der Waals surface area (Å²) in [5.74, 6) is -0.316. The predicted octanol–water partition coefficient (Wildman–Crippen LogP) is 3.83. The molecule has 1 heterocycles. The van der Waals surface area contributed by atoms with Crippen LogP contribution in [0.1, 0.15) is 65.2 Å². The lowest BCUT2D eigenvalue weighted by Crippen LogP contribution is -2.33. The number of phenols is 1. The quantitative estimate of drug-likeness (QED) is 0.332. The van der Waals surface area contributed by atoms with Gasteiger partial charge < -0.3 is 16.2 Å². The maximum absolute atomic E-state index is 12.3. The number of aliphatic imine (C=N–C) groups is 1. The molecule has 1 aliphatic rings. The van der Waals surface area contributed by atoms with Gasteiger partial charge in [-0.25, -0.2) is 0 Å². The number of allylic oxidation sites excluding steroid dienone is 1. The van der Waals surface area contributed by atoms with E-state index in [4.69, 9.17) is 11.1 Å². The highest BCUT2D eigenvalue weighted by Gasteiger charge is 2.29. The van der Waals surface area contributed by atoms with E-state index in [2.05, 4.69) is 10.3 Å². The number of rotatable bonds is 1. The lowest BCUT2D eigenvalue weighted by Gasteiger charge is -2.28. The minimum atomic E-state index is -0.357. The number of carbonyl (C=O) groups is 1. The summed E-state index contributed by atoms with van der Waals surface area (Å²) in [5, 5.41) is 21.0. The molecular weight excluding hydrogens is 360 g/mol. The summed E-state index contributed by atoms with van der Waals surface area (Å²) in [7, 11) is 0. The molecular formula is C20H28N4O2S. The number of thioether (sulfide) groups is 1. The second kappa shape index (κ2) is 7.03. The first-order valence-electron chi connectivity index (χ1n) is 8.73. The van der Waals surface area contributed by atoms with Crippen molar-refractivity contribution in [1.82, 2.24) is 5.32 Å². The molecule has 1 aromatic rings. The topological polar surface area (TPSA) is 112 Å². The number of nitrogens with one attached hydrogen (secondary N) is 2. The Labute approximate surface area is 164 Å². The molecule has 0 aromatic heterocycles. The third-order valence-corrected chi connectivity index (χ3v) is 5.41. The first kappa shape index (κ1) is 21.0. The number of aromatic hydroxyl groups is 1. The van der Waals surface area contributed by atoms with Gasteiger partial charge in [0, 0.05) is 11.1 Å². The van der Waals surface area contributed by atoms with Gasteiger partial charge in [-0.1, -0.05) is 41.5 Å². The molecule has 0 fully saturated rings. The molecule has 0 radical (unpaired) electrons. The van der Waals surface area contributed by atoms with Crippen molar-refractivity contribution in [3.63, 3.8) is 0 Å². The molecule has 0 bridgehead atoms. The van der Waals surface area contributed by atoms with Crippen molar-refractivity contribution in [2.45, 2.75) is 59.3 Å². The van der Waals surface area contributed by atoms with E-state index in [1.54, 1.807) is 0 Å². The smallest absolute Gasteiger partial charge is 0.286 e. The Morgan fingerprint density at radius 2 is 1.63 bits per heavy atom. The van der Waals surface area contributed by atoms with Crippen molar-refractivity contribution in [2.75, 3.05) is 0 Å². The van der Waals surface area contributed by atoms with Gasteiger partial charge in [-0.15, -0.1) is 0 Å². The van der Waals surface area contributed by atoms with Gasteiger partial charge in [0.25, 0.3) is 5.91 Å². The average Bonchev–Trinajstić information content (AvgIpc) is 2.84. The number of hydrogen-bond acceptors (Lipinski definition) is 4. The van der Waals surface area contributed by atoms with Gasteiger partial charge in [0.15, 0.2) is 11.1 Å². The molecule has 7 heteroatoms. The summed E-state index contributed by atoms with van der Waals surface area (Å²) < 4.78 is 0. The van der Waals surface area contributed by atoms with Crippen LogP contribution in [-0.2, 0) is 15.6 Å². The third-order valence-electron chi connectivity index (χ3n) is 4.34. The Balaban J connectivity index is 2.62. The summed E-state index contributed by atoms with van der Waals surface area (Å²) in [6, 6.07) is 3.88. The first-order valence-corrected chi connectivity index (χ1v) is 9.54. The molecule has 0 saturated carbocycles. The molecule has 1 amide bonds. The van der Waals surface area contributed by atoms with Crippen LogP contribution < -0.4 is 11.1 Å². The van der Waals surface area contributed by atoms with Gasteiger partial charge in [-0.05, 0) is 52.8 Å². The van der Waals surface area contributed by atoms with E-state index in [1.807, 2.05) is 60.6 Å². The number of nitrogens with zero attached hydrogens (tertiary/aromatic N) is 1. The fraction of sp³-hybridized carbons (Fsp3) is 0.450. The minimum Gasteiger partial charge on any atom is -0.507 e. The van der Waals surface area contributed by atoms with Gasteiger partial charge in [-0.2, -0.15) is 4.99 Å². The van der Waals surface area contributed by atoms with Crippen molar-refractivity contribution in [3.05, 3.63) is 33.7 Å². The Hall–Kier alpha value is -2.28. The van der Waals surface area contributed by atoms with E-state index in [0.29, 0.717) is 15.8 Å². The molecule has 0 aliphatic carbocycles. The Bertz CT molecular complexity index is 836. The monoisotopic (exact) mass is 388 g/mol. The summed E-state index contributed by atoms with van der Waals surface area (Å²) in [4.78, 5) is 16.8. The largest absolute Gasteiger partial charge is 0.507 e. The van der Waals surface area contributed by atoms with Gasteiger partial charge >= 0.3 is 0 Å². The second-order valence-electron chi connectivity index (χ2n) is 8.74. The summed E-state index contributed by atoms with van der Waals surface area (Å²) in [5.41, 5.74) is 8.15. The average molecular weight is 389 g/mol. The zero-order valence-corrected chi connectivity index (χ0v) is 17.8. The van der Waals surface area contributed by atoms with Crippen molar-refractivity contribution in [1.29, 1.82) is 5.41 Å². The van der Waals surface area contributed by atoms with Crippen LogP contribution in [0.5, 0.6) is 5.75 Å². The Morgan fingerprint density at radius 1 is 1.15 bits per heavy atom. The molecule has 6 nitrogen and oxygen atoms in total. The first-order chi connectivity index (χ1) is 12.2. The zero-order chi connectivity index (χ0) is 20.7. The predicted molar refractivity (Wildman–Crippen MR) is 113 cm³/mol. The molecule has 146 valence electrons. The van der Waals surface area contributed by atoms with E-state index in [1.165, 1.54) is 11.8 Å². The highest BCUT2D eigenvalue weighted by Crippen LogP contribution is 2.42. The zero-order valence-electron chi connectivity index (χ0n) is 16.9. The molecule has 0 saturated heterocycles. The Morgan fingerprint density at radius 3 is 2.04 bits per heavy atom. The summed E-state index contributed by atoms with van der Waals surface area (Å²) in [6.07, 6.45) is 0. The van der Waals surface area contributed by atoms with E-state index in [0.717, 1.165) is 22.3 Å². The van der Waals surface area contributed by atoms with Crippen molar-refractivity contribution in [2.24, 2.45) is 10.7 Å². The number of phenolic OH excluding ortho intramolecular Hbond substituents is 1. The van der Waals surface area contributed by atoms with Gasteiger partial charge in [-0.3, -0.25) is 10.2 Å². The van der Waals surface area contributed by atoms with Crippen molar-refractivity contribution in [3.8, 4) is 5.75 Å². The number of carbonyl (C=O) groups excluding carboxylic acids is 1. The fourth-order valence-corrected chi connectivity index (χ4v) is 3.72. The number of nitrogens with two attached hydrogens (primary N) is 1. The van der Waals surface area contributed by atoms with E-state index >= 15 is 0 Å². The maximum Gasteiger partial charge on any atom is 0.286 e. The molecule has 27 heavy (non-hydrogen) atoms. The molecule has 1 aliphatic heterocycles. The number of benzene rings is 1. The van der Waals surface area contributed by atoms with Gasteiger partial charge in [0.05, 0.1) is 4.91 Å². The summed E-state index contributed by atoms with van der Waals surface area (Å²) in [6.45, 7) is 14.2. The maximum atomic E-state index is 12.3. The van der Waals surface area contributed by atoms with Crippen LogP contribution in [-0.4, -0.2) is 22.1 Å². The normalized spacial score (nSPS) is 17.0. The van der Waals surface area contributed by atoms with Crippen molar-refractivity contribution >= 4 is 34.4 Å². The van der Waals surface area contributed by atoms with E-state index in [9.17, 15) is 9.90 Å². The van der Waals surface area contributed by atoms with E-state index < -0.39 is 0 Å². The third kappa shape index (κ3) is 4.53. The molecule has 1 aromatic carbocycles. The number of amidine groups is 1. The Kier molecular flexibility index (Phi) is 5.48.